The summed E-state index contributed by atoms with van der Waals surface area (Å²) < 4.78 is 5.35. The summed E-state index contributed by atoms with van der Waals surface area (Å²) in [5.41, 5.74) is 3.34. The molecule has 27 heavy (non-hydrogen) atoms. The predicted octanol–water partition coefficient (Wildman–Crippen LogP) is 4.72. The molecule has 0 aliphatic heterocycles. The first-order chi connectivity index (χ1) is 13.3. The SMILES string of the molecule is COc1ccc2c(-c3ccccc3)cc(Sc3ccc(C#N)nn3)nc2c1. The third kappa shape index (κ3) is 3.59. The quantitative estimate of drug-likeness (QED) is 0.517. The predicted molar refractivity (Wildman–Crippen MR) is 105 cm³/mol. The molecule has 2 aromatic carbocycles. The number of fused-ring (bicyclic) bond motifs is 1. The highest BCUT2D eigenvalue weighted by atomic mass is 32.2. The van der Waals surface area contributed by atoms with Gasteiger partial charge in [-0.2, -0.15) is 5.26 Å². The van der Waals surface area contributed by atoms with E-state index in [1.54, 1.807) is 19.2 Å². The van der Waals surface area contributed by atoms with Crippen LogP contribution in [0.15, 0.2) is 76.8 Å². The van der Waals surface area contributed by atoms with Crippen LogP contribution in [0.25, 0.3) is 22.0 Å². The molecule has 0 unspecified atom stereocenters. The van der Waals surface area contributed by atoms with Crippen molar-refractivity contribution in [3.05, 3.63) is 72.4 Å². The Morgan fingerprint density at radius 3 is 2.48 bits per heavy atom. The van der Waals surface area contributed by atoms with E-state index < -0.39 is 0 Å². The van der Waals surface area contributed by atoms with Crippen molar-refractivity contribution in [3.63, 3.8) is 0 Å². The fourth-order valence-corrected chi connectivity index (χ4v) is 3.51. The second-order valence-corrected chi connectivity index (χ2v) is 6.77. The Morgan fingerprint density at radius 1 is 0.926 bits per heavy atom. The second kappa shape index (κ2) is 7.44. The zero-order chi connectivity index (χ0) is 18.6. The van der Waals surface area contributed by atoms with E-state index in [9.17, 15) is 0 Å². The molecular weight excluding hydrogens is 356 g/mol. The maximum Gasteiger partial charge on any atom is 0.163 e. The first-order valence-electron chi connectivity index (χ1n) is 8.23. The largest absolute Gasteiger partial charge is 0.497 e. The van der Waals surface area contributed by atoms with Gasteiger partial charge in [0.2, 0.25) is 0 Å². The van der Waals surface area contributed by atoms with Crippen LogP contribution < -0.4 is 4.74 Å². The van der Waals surface area contributed by atoms with Gasteiger partial charge >= 0.3 is 0 Å². The molecular formula is C21H14N4OS. The highest BCUT2D eigenvalue weighted by Gasteiger charge is 2.11. The van der Waals surface area contributed by atoms with E-state index in [0.717, 1.165) is 32.8 Å². The van der Waals surface area contributed by atoms with Crippen LogP contribution >= 0.6 is 11.8 Å². The lowest BCUT2D eigenvalue weighted by molar-refractivity contribution is 0.415. The summed E-state index contributed by atoms with van der Waals surface area (Å²) in [6.45, 7) is 0. The first kappa shape index (κ1) is 17.0. The van der Waals surface area contributed by atoms with Crippen molar-refractivity contribution in [1.29, 1.82) is 5.26 Å². The van der Waals surface area contributed by atoms with Crippen molar-refractivity contribution in [2.45, 2.75) is 10.1 Å². The van der Waals surface area contributed by atoms with Crippen LogP contribution in [-0.4, -0.2) is 22.3 Å². The molecule has 4 rings (SSSR count). The lowest BCUT2D eigenvalue weighted by Crippen LogP contribution is -1.92. The highest BCUT2D eigenvalue weighted by molar-refractivity contribution is 7.99. The number of aromatic nitrogens is 3. The fraction of sp³-hybridized carbons (Fsp3) is 0.0476. The molecule has 0 aliphatic rings. The number of pyridine rings is 1. The number of nitriles is 1. The van der Waals surface area contributed by atoms with E-state index in [-0.39, 0.29) is 0 Å². The van der Waals surface area contributed by atoms with Crippen molar-refractivity contribution >= 4 is 22.7 Å². The van der Waals surface area contributed by atoms with Crippen LogP contribution in [0.3, 0.4) is 0 Å². The molecule has 6 heteroatoms. The van der Waals surface area contributed by atoms with Crippen LogP contribution in [0, 0.1) is 11.3 Å². The second-order valence-electron chi connectivity index (χ2n) is 5.73. The van der Waals surface area contributed by atoms with Gasteiger partial charge in [-0.1, -0.05) is 30.3 Å². The van der Waals surface area contributed by atoms with Crippen LogP contribution in [-0.2, 0) is 0 Å². The molecule has 0 amide bonds. The maximum atomic E-state index is 8.86. The number of nitrogens with zero attached hydrogens (tertiary/aromatic N) is 4. The van der Waals surface area contributed by atoms with Gasteiger partial charge in [-0.05, 0) is 53.2 Å². The van der Waals surface area contributed by atoms with Crippen LogP contribution in [0.2, 0.25) is 0 Å². The highest BCUT2D eigenvalue weighted by Crippen LogP contribution is 2.35. The number of benzene rings is 2. The molecule has 130 valence electrons. The van der Waals surface area contributed by atoms with Crippen LogP contribution in [0.4, 0.5) is 0 Å². The van der Waals surface area contributed by atoms with Crippen molar-refractivity contribution in [2.24, 2.45) is 0 Å². The first-order valence-corrected chi connectivity index (χ1v) is 9.04. The molecule has 0 aliphatic carbocycles. The van der Waals surface area contributed by atoms with E-state index >= 15 is 0 Å². The molecule has 0 saturated heterocycles. The lowest BCUT2D eigenvalue weighted by Gasteiger charge is -2.11. The van der Waals surface area contributed by atoms with E-state index in [1.807, 2.05) is 42.5 Å². The van der Waals surface area contributed by atoms with Gasteiger partial charge in [-0.3, -0.25) is 0 Å². The summed E-state index contributed by atoms with van der Waals surface area (Å²) >= 11 is 1.41. The molecule has 0 radical (unpaired) electrons. The topological polar surface area (TPSA) is 71.7 Å². The van der Waals surface area contributed by atoms with Gasteiger partial charge in [0.25, 0.3) is 0 Å². The molecule has 0 atom stereocenters. The van der Waals surface area contributed by atoms with Gasteiger partial charge in [0.1, 0.15) is 21.9 Å². The Morgan fingerprint density at radius 2 is 1.78 bits per heavy atom. The smallest absolute Gasteiger partial charge is 0.163 e. The van der Waals surface area contributed by atoms with Crippen LogP contribution in [0.1, 0.15) is 5.69 Å². The zero-order valence-corrected chi connectivity index (χ0v) is 15.3. The number of hydrogen-bond donors (Lipinski definition) is 0. The average molecular weight is 370 g/mol. The minimum Gasteiger partial charge on any atom is -0.497 e. The molecule has 0 spiro atoms. The molecule has 0 saturated carbocycles. The molecule has 2 aromatic heterocycles. The van der Waals surface area contributed by atoms with Gasteiger partial charge in [-0.15, -0.1) is 10.2 Å². The van der Waals surface area contributed by atoms with Crippen molar-refractivity contribution in [3.8, 4) is 22.9 Å². The normalized spacial score (nSPS) is 10.5. The number of ether oxygens (including phenoxy) is 1. The van der Waals surface area contributed by atoms with E-state index in [0.29, 0.717) is 10.7 Å². The Bertz CT molecular complexity index is 1140. The van der Waals surface area contributed by atoms with Gasteiger partial charge < -0.3 is 4.74 Å². The van der Waals surface area contributed by atoms with E-state index in [2.05, 4.69) is 28.4 Å². The Kier molecular flexibility index (Phi) is 4.69. The third-order valence-corrected chi connectivity index (χ3v) is 4.89. The number of methoxy groups -OCH3 is 1. The number of rotatable bonds is 4. The van der Waals surface area contributed by atoms with Gasteiger partial charge in [0.15, 0.2) is 5.69 Å². The summed E-state index contributed by atoms with van der Waals surface area (Å²) in [5.74, 6) is 0.759. The summed E-state index contributed by atoms with van der Waals surface area (Å²) in [7, 11) is 1.64. The Hall–Kier alpha value is -3.43. The summed E-state index contributed by atoms with van der Waals surface area (Å²) in [6.07, 6.45) is 0. The maximum absolute atomic E-state index is 8.86. The van der Waals surface area contributed by atoms with Gasteiger partial charge in [0.05, 0.1) is 12.6 Å². The standard InChI is InChI=1S/C21H14N4OS/c1-26-16-8-9-17-18(14-5-3-2-4-6-14)12-21(23-19(17)11-16)27-20-10-7-15(13-22)24-25-20/h2-12H,1H3. The molecule has 5 nitrogen and oxygen atoms in total. The minimum atomic E-state index is 0.292. The molecule has 4 aromatic rings. The Balaban J connectivity index is 1.83. The van der Waals surface area contributed by atoms with E-state index in [1.165, 1.54) is 11.8 Å². The summed E-state index contributed by atoms with van der Waals surface area (Å²) in [6, 6.07) is 23.5. The molecule has 2 heterocycles. The van der Waals surface area contributed by atoms with Gasteiger partial charge in [-0.25, -0.2) is 4.98 Å². The molecule has 0 fully saturated rings. The third-order valence-electron chi connectivity index (χ3n) is 4.04. The zero-order valence-electron chi connectivity index (χ0n) is 14.5. The van der Waals surface area contributed by atoms with Crippen molar-refractivity contribution in [1.82, 2.24) is 15.2 Å². The van der Waals surface area contributed by atoms with E-state index in [4.69, 9.17) is 15.0 Å². The van der Waals surface area contributed by atoms with Crippen LogP contribution in [0.5, 0.6) is 5.75 Å². The molecule has 0 bridgehead atoms. The average Bonchev–Trinajstić information content (AvgIpc) is 2.74. The minimum absolute atomic E-state index is 0.292. The molecule has 0 N–H and O–H groups in total. The summed E-state index contributed by atoms with van der Waals surface area (Å²) in [4.78, 5) is 4.76. The lowest BCUT2D eigenvalue weighted by atomic mass is 10.0. The van der Waals surface area contributed by atoms with Crippen molar-refractivity contribution < 1.29 is 4.74 Å². The number of hydrogen-bond acceptors (Lipinski definition) is 6. The Labute approximate surface area is 160 Å². The summed E-state index contributed by atoms with van der Waals surface area (Å²) in [5, 5.41) is 19.4. The monoisotopic (exact) mass is 370 g/mol. The fourth-order valence-electron chi connectivity index (χ4n) is 2.76. The van der Waals surface area contributed by atoms with Gasteiger partial charge in [0, 0.05) is 11.5 Å². The van der Waals surface area contributed by atoms with Crippen molar-refractivity contribution in [2.75, 3.05) is 7.11 Å².